The molecule has 18 heavy (non-hydrogen) atoms. The summed E-state index contributed by atoms with van der Waals surface area (Å²) in [5.41, 5.74) is 1.02. The lowest BCUT2D eigenvalue weighted by atomic mass is 10.2. The van der Waals surface area contributed by atoms with Crippen molar-refractivity contribution in [3.63, 3.8) is 0 Å². The van der Waals surface area contributed by atoms with Crippen molar-refractivity contribution in [2.45, 2.75) is 0 Å². The highest BCUT2D eigenvalue weighted by atomic mass is 127. The van der Waals surface area contributed by atoms with Gasteiger partial charge < -0.3 is 5.32 Å². The number of rotatable bonds is 2. The van der Waals surface area contributed by atoms with Crippen LogP contribution in [0, 0.1) is 3.57 Å². The Kier molecular flexibility index (Phi) is 4.42. The van der Waals surface area contributed by atoms with Gasteiger partial charge in [0.25, 0.3) is 5.91 Å². The molecule has 0 aliphatic carbocycles. The Morgan fingerprint density at radius 1 is 1.28 bits per heavy atom. The first kappa shape index (κ1) is 13.6. The molecular weight excluding hydrogens is 386 g/mol. The topological polar surface area (TPSA) is 42.0 Å². The molecule has 0 aliphatic heterocycles. The van der Waals surface area contributed by atoms with Crippen molar-refractivity contribution < 1.29 is 4.79 Å². The van der Waals surface area contributed by atoms with E-state index in [1.807, 2.05) is 0 Å². The third kappa shape index (κ3) is 3.13. The number of hydrogen-bond donors (Lipinski definition) is 1. The van der Waals surface area contributed by atoms with E-state index in [0.717, 1.165) is 3.57 Å². The van der Waals surface area contributed by atoms with E-state index in [0.29, 0.717) is 21.3 Å². The summed E-state index contributed by atoms with van der Waals surface area (Å²) >= 11 is 13.9. The average molecular weight is 393 g/mol. The van der Waals surface area contributed by atoms with Crippen molar-refractivity contribution in [3.8, 4) is 0 Å². The molecular formula is C12H7Cl2IN2O. The molecule has 2 aromatic rings. The van der Waals surface area contributed by atoms with Crippen LogP contribution in [-0.4, -0.2) is 10.9 Å². The van der Waals surface area contributed by atoms with Crippen LogP contribution in [0.2, 0.25) is 10.0 Å². The molecule has 1 aromatic heterocycles. The Hall–Kier alpha value is -0.850. The molecule has 0 spiro atoms. The Morgan fingerprint density at radius 2 is 2.06 bits per heavy atom. The summed E-state index contributed by atoms with van der Waals surface area (Å²) in [6.45, 7) is 0. The minimum Gasteiger partial charge on any atom is -0.321 e. The number of aromatic nitrogens is 1. The normalized spacial score (nSPS) is 10.2. The summed E-state index contributed by atoms with van der Waals surface area (Å²) in [7, 11) is 0. The molecule has 1 heterocycles. The zero-order chi connectivity index (χ0) is 13.1. The van der Waals surface area contributed by atoms with Gasteiger partial charge in [0.15, 0.2) is 0 Å². The number of halogens is 3. The number of benzene rings is 1. The molecule has 0 aliphatic rings. The highest BCUT2D eigenvalue weighted by Crippen LogP contribution is 2.23. The van der Waals surface area contributed by atoms with Crippen LogP contribution >= 0.6 is 45.8 Å². The van der Waals surface area contributed by atoms with Crippen LogP contribution in [-0.2, 0) is 0 Å². The van der Waals surface area contributed by atoms with Gasteiger partial charge in [0, 0.05) is 21.0 Å². The number of carbonyl (C=O) groups excluding carboxylic acids is 1. The molecule has 0 bridgehead atoms. The molecule has 92 valence electrons. The second-order valence-electron chi connectivity index (χ2n) is 3.43. The summed E-state index contributed by atoms with van der Waals surface area (Å²) in [4.78, 5) is 15.9. The van der Waals surface area contributed by atoms with Crippen molar-refractivity contribution >= 4 is 57.4 Å². The van der Waals surface area contributed by atoms with Gasteiger partial charge in [-0.3, -0.25) is 9.78 Å². The molecule has 0 fully saturated rings. The fourth-order valence-electron chi connectivity index (χ4n) is 1.33. The van der Waals surface area contributed by atoms with Gasteiger partial charge in [0.2, 0.25) is 0 Å². The van der Waals surface area contributed by atoms with Crippen LogP contribution in [0.15, 0.2) is 36.7 Å². The van der Waals surface area contributed by atoms with Gasteiger partial charge in [-0.15, -0.1) is 0 Å². The van der Waals surface area contributed by atoms with E-state index in [1.54, 1.807) is 24.3 Å². The van der Waals surface area contributed by atoms with E-state index in [-0.39, 0.29) is 5.91 Å². The van der Waals surface area contributed by atoms with Crippen LogP contribution in [0.4, 0.5) is 5.69 Å². The van der Waals surface area contributed by atoms with Crippen LogP contribution < -0.4 is 5.32 Å². The number of anilines is 1. The van der Waals surface area contributed by atoms with Crippen LogP contribution in [0.3, 0.4) is 0 Å². The molecule has 3 nitrogen and oxygen atoms in total. The Morgan fingerprint density at radius 3 is 2.72 bits per heavy atom. The van der Waals surface area contributed by atoms with Gasteiger partial charge in [-0.05, 0) is 46.9 Å². The van der Waals surface area contributed by atoms with Crippen molar-refractivity contribution in [3.05, 3.63) is 55.8 Å². The Bertz CT molecular complexity index is 604. The fourth-order valence-corrected chi connectivity index (χ4v) is 2.52. The summed E-state index contributed by atoms with van der Waals surface area (Å²) in [5, 5.41) is 3.75. The van der Waals surface area contributed by atoms with E-state index in [4.69, 9.17) is 23.2 Å². The molecule has 6 heteroatoms. The smallest absolute Gasteiger partial charge is 0.258 e. The lowest BCUT2D eigenvalue weighted by Gasteiger charge is -2.08. The number of hydrogen-bond acceptors (Lipinski definition) is 2. The molecule has 0 radical (unpaired) electrons. The van der Waals surface area contributed by atoms with Crippen molar-refractivity contribution in [1.82, 2.24) is 4.98 Å². The number of nitrogens with one attached hydrogen (secondary N) is 1. The minimum absolute atomic E-state index is 0.298. The average Bonchev–Trinajstić information content (AvgIpc) is 2.33. The van der Waals surface area contributed by atoms with Gasteiger partial charge in [0.1, 0.15) is 0 Å². The van der Waals surface area contributed by atoms with Crippen molar-refractivity contribution in [1.29, 1.82) is 0 Å². The van der Waals surface area contributed by atoms with Crippen LogP contribution in [0.5, 0.6) is 0 Å². The minimum atomic E-state index is -0.298. The first-order chi connectivity index (χ1) is 8.58. The second-order valence-corrected chi connectivity index (χ2v) is 5.44. The number of carbonyl (C=O) groups is 1. The standard InChI is InChI=1S/C12H7Cl2IN2O/c13-7-1-2-11(10(15)5-7)17-12(18)8-6-16-4-3-9(8)14/h1-6H,(H,17,18). The van der Waals surface area contributed by atoms with E-state index in [1.165, 1.54) is 12.4 Å². The summed E-state index contributed by atoms with van der Waals surface area (Å²) in [6.07, 6.45) is 2.96. The quantitative estimate of drug-likeness (QED) is 0.776. The van der Waals surface area contributed by atoms with Gasteiger partial charge in [-0.25, -0.2) is 0 Å². The van der Waals surface area contributed by atoms with Gasteiger partial charge in [-0.1, -0.05) is 23.2 Å². The highest BCUT2D eigenvalue weighted by molar-refractivity contribution is 14.1. The number of pyridine rings is 1. The maximum absolute atomic E-state index is 12.0. The molecule has 0 saturated carbocycles. The van der Waals surface area contributed by atoms with E-state index in [2.05, 4.69) is 32.9 Å². The fraction of sp³-hybridized carbons (Fsp3) is 0. The lowest BCUT2D eigenvalue weighted by molar-refractivity contribution is 0.102. The lowest BCUT2D eigenvalue weighted by Crippen LogP contribution is -2.13. The van der Waals surface area contributed by atoms with E-state index >= 15 is 0 Å². The second kappa shape index (κ2) is 5.86. The molecule has 0 atom stereocenters. The van der Waals surface area contributed by atoms with Gasteiger partial charge in [0.05, 0.1) is 16.3 Å². The third-order valence-electron chi connectivity index (χ3n) is 2.19. The zero-order valence-corrected chi connectivity index (χ0v) is 12.6. The maximum atomic E-state index is 12.0. The third-order valence-corrected chi connectivity index (χ3v) is 3.65. The Labute approximate surface area is 128 Å². The molecule has 2 rings (SSSR count). The largest absolute Gasteiger partial charge is 0.321 e. The van der Waals surface area contributed by atoms with Crippen LogP contribution in [0.25, 0.3) is 0 Å². The van der Waals surface area contributed by atoms with Crippen molar-refractivity contribution in [2.24, 2.45) is 0 Å². The Balaban J connectivity index is 2.24. The summed E-state index contributed by atoms with van der Waals surface area (Å²) in [5.74, 6) is -0.298. The SMILES string of the molecule is O=C(Nc1ccc(Cl)cc1I)c1cnccc1Cl. The molecule has 1 N–H and O–H groups in total. The van der Waals surface area contributed by atoms with Gasteiger partial charge in [-0.2, -0.15) is 0 Å². The first-order valence-electron chi connectivity index (χ1n) is 4.94. The van der Waals surface area contributed by atoms with Crippen LogP contribution in [0.1, 0.15) is 10.4 Å². The summed E-state index contributed by atoms with van der Waals surface area (Å²) < 4.78 is 0.855. The highest BCUT2D eigenvalue weighted by Gasteiger charge is 2.11. The van der Waals surface area contributed by atoms with Crippen molar-refractivity contribution in [2.75, 3.05) is 5.32 Å². The monoisotopic (exact) mass is 392 g/mol. The first-order valence-corrected chi connectivity index (χ1v) is 6.77. The van der Waals surface area contributed by atoms with E-state index < -0.39 is 0 Å². The number of nitrogens with zero attached hydrogens (tertiary/aromatic N) is 1. The van der Waals surface area contributed by atoms with E-state index in [9.17, 15) is 4.79 Å². The zero-order valence-electron chi connectivity index (χ0n) is 8.95. The summed E-state index contributed by atoms with van der Waals surface area (Å²) in [6, 6.07) is 6.79. The molecule has 0 unspecified atom stereocenters. The maximum Gasteiger partial charge on any atom is 0.258 e. The predicted octanol–water partition coefficient (Wildman–Crippen LogP) is 4.25. The molecule has 1 aromatic carbocycles. The van der Waals surface area contributed by atoms with Gasteiger partial charge >= 0.3 is 0 Å². The molecule has 1 amide bonds. The predicted molar refractivity (Wildman–Crippen MR) is 81.4 cm³/mol. The number of amides is 1. The molecule has 0 saturated heterocycles.